The number of rotatable bonds is 12. The fraction of sp³-hybridized carbons (Fsp3) is 0.600. The SMILES string of the molecule is NCCCC[C@H](OP(=O)(O)C1(NC(=O)CCc2ccccc2)CCCC1)C(=O)O. The van der Waals surface area contributed by atoms with Gasteiger partial charge in [0.1, 0.15) is 5.28 Å². The molecule has 0 spiro atoms. The third kappa shape index (κ3) is 6.64. The van der Waals surface area contributed by atoms with Crippen molar-refractivity contribution in [3.63, 3.8) is 0 Å². The van der Waals surface area contributed by atoms with Crippen LogP contribution in [-0.2, 0) is 25.1 Å². The lowest BCUT2D eigenvalue weighted by Crippen LogP contribution is -2.47. The zero-order valence-corrected chi connectivity index (χ0v) is 17.5. The number of carbonyl (C=O) groups is 2. The Labute approximate surface area is 171 Å². The van der Waals surface area contributed by atoms with E-state index in [9.17, 15) is 24.2 Å². The smallest absolute Gasteiger partial charge is 0.354 e. The van der Waals surface area contributed by atoms with Gasteiger partial charge < -0.3 is 21.1 Å². The van der Waals surface area contributed by atoms with Crippen LogP contribution in [0, 0.1) is 0 Å². The maximum atomic E-state index is 13.1. The molecule has 162 valence electrons. The molecule has 1 saturated carbocycles. The highest BCUT2D eigenvalue weighted by Crippen LogP contribution is 2.61. The second-order valence-electron chi connectivity index (χ2n) is 7.51. The molecule has 0 aromatic heterocycles. The van der Waals surface area contributed by atoms with Crippen LogP contribution in [0.5, 0.6) is 0 Å². The number of nitrogens with two attached hydrogens (primary N) is 1. The lowest BCUT2D eigenvalue weighted by Gasteiger charge is -2.35. The van der Waals surface area contributed by atoms with Crippen molar-refractivity contribution in [2.75, 3.05) is 6.54 Å². The van der Waals surface area contributed by atoms with Crippen molar-refractivity contribution < 1.29 is 28.7 Å². The number of carbonyl (C=O) groups excluding carboxylic acids is 1. The molecule has 0 bridgehead atoms. The van der Waals surface area contributed by atoms with Crippen molar-refractivity contribution in [3.05, 3.63) is 35.9 Å². The molecule has 5 N–H and O–H groups in total. The number of carboxylic acid groups (broad SMARTS) is 1. The Morgan fingerprint density at radius 1 is 1.21 bits per heavy atom. The van der Waals surface area contributed by atoms with Gasteiger partial charge in [0.05, 0.1) is 0 Å². The van der Waals surface area contributed by atoms with Crippen LogP contribution >= 0.6 is 7.60 Å². The lowest BCUT2D eigenvalue weighted by atomic mass is 10.1. The summed E-state index contributed by atoms with van der Waals surface area (Å²) in [5, 5.41) is 10.7. The van der Waals surface area contributed by atoms with Crippen molar-refractivity contribution in [2.45, 2.75) is 69.2 Å². The third-order valence-corrected chi connectivity index (χ3v) is 7.47. The molecule has 29 heavy (non-hydrogen) atoms. The van der Waals surface area contributed by atoms with Crippen molar-refractivity contribution >= 4 is 19.5 Å². The van der Waals surface area contributed by atoms with Crippen LogP contribution in [0.4, 0.5) is 0 Å². The Hall–Kier alpha value is -1.73. The van der Waals surface area contributed by atoms with Crippen LogP contribution in [0.3, 0.4) is 0 Å². The number of hydrogen-bond acceptors (Lipinski definition) is 5. The number of carboxylic acids is 1. The van der Waals surface area contributed by atoms with E-state index in [-0.39, 0.29) is 31.6 Å². The summed E-state index contributed by atoms with van der Waals surface area (Å²) < 4.78 is 18.4. The predicted molar refractivity (Wildman–Crippen MR) is 109 cm³/mol. The van der Waals surface area contributed by atoms with Gasteiger partial charge in [-0.3, -0.25) is 13.9 Å². The number of hydrogen-bond donors (Lipinski definition) is 4. The summed E-state index contributed by atoms with van der Waals surface area (Å²) in [5.74, 6) is -1.64. The van der Waals surface area contributed by atoms with E-state index in [2.05, 4.69) is 5.32 Å². The molecular weight excluding hydrogens is 395 g/mol. The van der Waals surface area contributed by atoms with Crippen LogP contribution in [0.2, 0.25) is 0 Å². The van der Waals surface area contributed by atoms with Crippen LogP contribution in [0.1, 0.15) is 56.9 Å². The average Bonchev–Trinajstić information content (AvgIpc) is 3.17. The van der Waals surface area contributed by atoms with Gasteiger partial charge in [0.25, 0.3) is 0 Å². The summed E-state index contributed by atoms with van der Waals surface area (Å²) in [5.41, 5.74) is 6.42. The molecule has 1 aliphatic carbocycles. The monoisotopic (exact) mass is 426 g/mol. The molecule has 1 aliphatic rings. The first-order valence-corrected chi connectivity index (χ1v) is 11.7. The van der Waals surface area contributed by atoms with E-state index in [1.165, 1.54) is 0 Å². The maximum absolute atomic E-state index is 13.1. The second-order valence-corrected chi connectivity index (χ2v) is 9.62. The molecule has 2 rings (SSSR count). The molecule has 9 heteroatoms. The van der Waals surface area contributed by atoms with E-state index < -0.39 is 24.9 Å². The summed E-state index contributed by atoms with van der Waals surface area (Å²) >= 11 is 0. The largest absolute Gasteiger partial charge is 0.479 e. The fourth-order valence-electron chi connectivity index (χ4n) is 3.63. The summed E-state index contributed by atoms with van der Waals surface area (Å²) in [7, 11) is -4.42. The first-order valence-electron chi connectivity index (χ1n) is 10.1. The number of aliphatic carboxylic acids is 1. The van der Waals surface area contributed by atoms with Crippen LogP contribution in [0.15, 0.2) is 30.3 Å². The quantitative estimate of drug-likeness (QED) is 0.298. The number of nitrogens with one attached hydrogen (secondary N) is 1. The van der Waals surface area contributed by atoms with E-state index >= 15 is 0 Å². The molecule has 1 fully saturated rings. The van der Waals surface area contributed by atoms with Gasteiger partial charge in [0.15, 0.2) is 6.10 Å². The summed E-state index contributed by atoms with van der Waals surface area (Å²) in [6.07, 6.45) is 2.34. The van der Waals surface area contributed by atoms with Gasteiger partial charge in [-0.15, -0.1) is 0 Å². The van der Waals surface area contributed by atoms with E-state index in [0.29, 0.717) is 38.6 Å². The highest BCUT2D eigenvalue weighted by atomic mass is 31.2. The molecule has 0 heterocycles. The zero-order valence-electron chi connectivity index (χ0n) is 16.6. The molecule has 1 aromatic carbocycles. The number of aryl methyl sites for hydroxylation is 1. The van der Waals surface area contributed by atoms with E-state index in [4.69, 9.17) is 10.3 Å². The topological polar surface area (TPSA) is 139 Å². The number of unbranched alkanes of at least 4 members (excludes halogenated alkanes) is 1. The molecule has 0 radical (unpaired) electrons. The first-order chi connectivity index (χ1) is 13.8. The van der Waals surface area contributed by atoms with Gasteiger partial charge in [0.2, 0.25) is 5.91 Å². The first kappa shape index (κ1) is 23.5. The molecule has 1 unspecified atom stereocenters. The summed E-state index contributed by atoms with van der Waals surface area (Å²) in [6.45, 7) is 0.407. The van der Waals surface area contributed by atoms with Gasteiger partial charge in [-0.2, -0.15) is 0 Å². The molecule has 0 aliphatic heterocycles. The Bertz CT molecular complexity index is 721. The van der Waals surface area contributed by atoms with Gasteiger partial charge in [-0.25, -0.2) is 4.79 Å². The Kier molecular flexibility index (Phi) is 8.83. The van der Waals surface area contributed by atoms with Gasteiger partial charge >= 0.3 is 13.6 Å². The maximum Gasteiger partial charge on any atom is 0.354 e. The van der Waals surface area contributed by atoms with Crippen molar-refractivity contribution in [2.24, 2.45) is 5.73 Å². The van der Waals surface area contributed by atoms with Crippen molar-refractivity contribution in [1.82, 2.24) is 5.32 Å². The Balaban J connectivity index is 2.05. The minimum Gasteiger partial charge on any atom is -0.479 e. The molecule has 8 nitrogen and oxygen atoms in total. The molecular formula is C20H31N2O6P. The zero-order chi connectivity index (χ0) is 21.3. The van der Waals surface area contributed by atoms with Crippen LogP contribution in [-0.4, -0.2) is 39.8 Å². The van der Waals surface area contributed by atoms with Crippen molar-refractivity contribution in [1.29, 1.82) is 0 Å². The van der Waals surface area contributed by atoms with Crippen LogP contribution < -0.4 is 11.1 Å². The molecule has 1 amide bonds. The van der Waals surface area contributed by atoms with Gasteiger partial charge in [0, 0.05) is 6.42 Å². The van der Waals surface area contributed by atoms with Gasteiger partial charge in [-0.05, 0) is 50.6 Å². The van der Waals surface area contributed by atoms with E-state index in [0.717, 1.165) is 5.56 Å². The highest BCUT2D eigenvalue weighted by molar-refractivity contribution is 7.54. The summed E-state index contributed by atoms with van der Waals surface area (Å²) in [6, 6.07) is 9.49. The Morgan fingerprint density at radius 2 is 1.86 bits per heavy atom. The second kappa shape index (κ2) is 10.9. The van der Waals surface area contributed by atoms with E-state index in [1.807, 2.05) is 30.3 Å². The standard InChI is InChI=1S/C20H31N2O6P/c21-15-7-4-10-17(19(24)25)28-29(26,27)20(13-5-6-14-20)22-18(23)12-11-16-8-2-1-3-9-16/h1-3,8-9,17H,4-7,10-15,21H2,(H,22,23)(H,24,25)(H,26,27)/t17-/m0/s1. The average molecular weight is 426 g/mol. The fourth-order valence-corrected chi connectivity index (χ4v) is 5.52. The minimum absolute atomic E-state index is 0.0924. The van der Waals surface area contributed by atoms with Crippen molar-refractivity contribution in [3.8, 4) is 0 Å². The Morgan fingerprint density at radius 3 is 2.45 bits per heavy atom. The highest BCUT2D eigenvalue weighted by Gasteiger charge is 2.53. The number of benzene rings is 1. The number of amides is 1. The normalized spacial score (nSPS) is 18.7. The molecule has 2 atom stereocenters. The van der Waals surface area contributed by atoms with Gasteiger partial charge in [-0.1, -0.05) is 43.2 Å². The third-order valence-electron chi connectivity index (χ3n) is 5.29. The summed E-state index contributed by atoms with van der Waals surface area (Å²) in [4.78, 5) is 34.7. The van der Waals surface area contributed by atoms with Crippen LogP contribution in [0.25, 0.3) is 0 Å². The minimum atomic E-state index is -4.42. The molecule has 0 saturated heterocycles. The predicted octanol–water partition coefficient (Wildman–Crippen LogP) is 2.79. The lowest BCUT2D eigenvalue weighted by molar-refractivity contribution is -0.146. The van der Waals surface area contributed by atoms with E-state index in [1.54, 1.807) is 0 Å². The molecule has 1 aromatic rings.